The lowest BCUT2D eigenvalue weighted by Gasteiger charge is -2.55. The first-order chi connectivity index (χ1) is 18.1. The van der Waals surface area contributed by atoms with Crippen LogP contribution in [0.15, 0.2) is 34.3 Å². The standard InChI is InChI=1S/C26H34O12/c1-26-8-17(11-3-4-35-10-11)36-24(33)15(26)7-16(19-13(23(32)34-2)5-12(28)6-14(19)26)37-25-22(31)21(30)20(29)18(9-27)38-25/h3-4,10,12-15,17-18,20-22,25,27-31H,5-9H2,1-2H3/t12-,13-,14+,15+,17-,18+,20+,21-,22+,25+,26-/m0/s1. The number of hydrogen-bond donors (Lipinski definition) is 5. The summed E-state index contributed by atoms with van der Waals surface area (Å²) in [4.78, 5) is 26.3. The number of carbonyl (C=O) groups is 2. The molecule has 11 atom stereocenters. The first-order valence-corrected chi connectivity index (χ1v) is 12.8. The monoisotopic (exact) mass is 538 g/mol. The molecule has 1 saturated carbocycles. The average Bonchev–Trinajstić information content (AvgIpc) is 3.44. The number of esters is 2. The molecule has 0 spiro atoms. The van der Waals surface area contributed by atoms with Gasteiger partial charge in [0.2, 0.25) is 6.29 Å². The van der Waals surface area contributed by atoms with Crippen molar-refractivity contribution in [3.8, 4) is 0 Å². The van der Waals surface area contributed by atoms with Crippen LogP contribution in [0, 0.1) is 23.2 Å². The molecule has 12 nitrogen and oxygen atoms in total. The molecule has 2 aliphatic heterocycles. The molecular weight excluding hydrogens is 504 g/mol. The fourth-order valence-corrected chi connectivity index (χ4v) is 6.66. The van der Waals surface area contributed by atoms with E-state index in [0.29, 0.717) is 17.6 Å². The van der Waals surface area contributed by atoms with Crippen LogP contribution in [0.1, 0.15) is 44.3 Å². The van der Waals surface area contributed by atoms with E-state index in [-0.39, 0.29) is 25.0 Å². The zero-order valence-electron chi connectivity index (χ0n) is 21.1. The predicted molar refractivity (Wildman–Crippen MR) is 124 cm³/mol. The molecule has 3 heterocycles. The van der Waals surface area contributed by atoms with Gasteiger partial charge in [0.1, 0.15) is 36.3 Å². The highest BCUT2D eigenvalue weighted by Crippen LogP contribution is 2.61. The summed E-state index contributed by atoms with van der Waals surface area (Å²) in [5.41, 5.74) is 0.508. The van der Waals surface area contributed by atoms with Crippen molar-refractivity contribution >= 4 is 11.9 Å². The highest BCUT2D eigenvalue weighted by atomic mass is 16.7. The van der Waals surface area contributed by atoms with Crippen molar-refractivity contribution in [1.29, 1.82) is 0 Å². The minimum atomic E-state index is -1.68. The topological polar surface area (TPSA) is 185 Å². The van der Waals surface area contributed by atoms with E-state index in [1.807, 2.05) is 6.92 Å². The molecule has 0 bridgehead atoms. The number of rotatable bonds is 5. The van der Waals surface area contributed by atoms with Gasteiger partial charge in [-0.25, -0.2) is 0 Å². The second-order valence-electron chi connectivity index (χ2n) is 10.9. The molecule has 38 heavy (non-hydrogen) atoms. The Balaban J connectivity index is 1.56. The Morgan fingerprint density at radius 2 is 1.89 bits per heavy atom. The Bertz CT molecular complexity index is 1070. The third kappa shape index (κ3) is 4.42. The third-order valence-corrected chi connectivity index (χ3v) is 8.75. The molecule has 0 amide bonds. The maximum absolute atomic E-state index is 13.4. The van der Waals surface area contributed by atoms with Gasteiger partial charge in [0.25, 0.3) is 0 Å². The molecule has 0 aromatic carbocycles. The van der Waals surface area contributed by atoms with Crippen LogP contribution in [-0.2, 0) is 28.5 Å². The van der Waals surface area contributed by atoms with E-state index < -0.39 is 84.6 Å². The van der Waals surface area contributed by atoms with E-state index in [1.54, 1.807) is 6.07 Å². The zero-order chi connectivity index (χ0) is 27.4. The maximum atomic E-state index is 13.4. The zero-order valence-corrected chi connectivity index (χ0v) is 21.1. The molecule has 0 radical (unpaired) electrons. The van der Waals surface area contributed by atoms with Crippen molar-refractivity contribution in [3.63, 3.8) is 0 Å². The number of aliphatic hydroxyl groups is 5. The molecule has 3 fully saturated rings. The van der Waals surface area contributed by atoms with E-state index >= 15 is 0 Å². The summed E-state index contributed by atoms with van der Waals surface area (Å²) in [7, 11) is 1.25. The highest BCUT2D eigenvalue weighted by molar-refractivity contribution is 5.79. The van der Waals surface area contributed by atoms with Gasteiger partial charge in [-0.2, -0.15) is 0 Å². The van der Waals surface area contributed by atoms with Crippen molar-refractivity contribution in [3.05, 3.63) is 35.5 Å². The van der Waals surface area contributed by atoms with Gasteiger partial charge in [0.15, 0.2) is 0 Å². The smallest absolute Gasteiger partial charge is 0.313 e. The van der Waals surface area contributed by atoms with Crippen molar-refractivity contribution in [2.45, 2.75) is 75.5 Å². The molecule has 5 rings (SSSR count). The van der Waals surface area contributed by atoms with Gasteiger partial charge in [-0.1, -0.05) is 6.92 Å². The Hall–Kier alpha value is -2.48. The van der Waals surface area contributed by atoms with Crippen LogP contribution in [0.4, 0.5) is 0 Å². The number of ether oxygens (including phenoxy) is 4. The number of hydrogen-bond acceptors (Lipinski definition) is 12. The van der Waals surface area contributed by atoms with E-state index in [2.05, 4.69) is 0 Å². The third-order valence-electron chi connectivity index (χ3n) is 8.75. The lowest BCUT2D eigenvalue weighted by molar-refractivity contribution is -0.293. The first-order valence-electron chi connectivity index (χ1n) is 12.8. The Labute approximate surface area is 218 Å². The molecule has 1 aromatic heterocycles. The van der Waals surface area contributed by atoms with Gasteiger partial charge in [-0.3, -0.25) is 9.59 Å². The summed E-state index contributed by atoms with van der Waals surface area (Å²) < 4.78 is 27.6. The molecule has 12 heteroatoms. The number of methoxy groups -OCH3 is 1. The summed E-state index contributed by atoms with van der Waals surface area (Å²) in [6.07, 6.45) is -5.28. The average molecular weight is 539 g/mol. The van der Waals surface area contributed by atoms with E-state index in [1.165, 1.54) is 19.6 Å². The predicted octanol–water partition coefficient (Wildman–Crippen LogP) is -0.0755. The van der Waals surface area contributed by atoms with Crippen LogP contribution in [0.3, 0.4) is 0 Å². The van der Waals surface area contributed by atoms with Gasteiger partial charge < -0.3 is 48.9 Å². The second kappa shape index (κ2) is 10.2. The molecular formula is C26H34O12. The van der Waals surface area contributed by atoms with Crippen LogP contribution in [0.25, 0.3) is 0 Å². The lowest BCUT2D eigenvalue weighted by Crippen LogP contribution is -2.59. The quantitative estimate of drug-likeness (QED) is 0.315. The summed E-state index contributed by atoms with van der Waals surface area (Å²) in [6, 6.07) is 1.72. The largest absolute Gasteiger partial charge is 0.472 e. The second-order valence-corrected chi connectivity index (χ2v) is 10.9. The summed E-state index contributed by atoms with van der Waals surface area (Å²) in [5.74, 6) is -2.93. The minimum Gasteiger partial charge on any atom is -0.472 e. The SMILES string of the molecule is COC(=O)[C@H]1C[C@H](O)C[C@@H]2C1=C(O[C@@H]1O[C@H](CO)[C@@H](O)[C@H](O)[C@H]1O)C[C@@H]1C(=O)O[C@H](c3ccoc3)C[C@]12C. The van der Waals surface area contributed by atoms with Crippen LogP contribution in [0.5, 0.6) is 0 Å². The highest BCUT2D eigenvalue weighted by Gasteiger charge is 2.60. The van der Waals surface area contributed by atoms with Crippen molar-refractivity contribution in [2.24, 2.45) is 23.2 Å². The van der Waals surface area contributed by atoms with Gasteiger partial charge in [0.05, 0.1) is 44.2 Å². The molecule has 5 N–H and O–H groups in total. The van der Waals surface area contributed by atoms with Gasteiger partial charge in [-0.15, -0.1) is 0 Å². The van der Waals surface area contributed by atoms with E-state index in [0.717, 1.165) is 0 Å². The van der Waals surface area contributed by atoms with Crippen LogP contribution >= 0.6 is 0 Å². The van der Waals surface area contributed by atoms with Gasteiger partial charge in [-0.05, 0) is 42.2 Å². The molecule has 4 aliphatic rings. The number of fused-ring (bicyclic) bond motifs is 3. The molecule has 1 aromatic rings. The minimum absolute atomic E-state index is 0.0118. The Morgan fingerprint density at radius 1 is 1.13 bits per heavy atom. The van der Waals surface area contributed by atoms with Crippen LogP contribution in [-0.4, -0.2) is 88.0 Å². The van der Waals surface area contributed by atoms with E-state index in [9.17, 15) is 35.1 Å². The Kier molecular flexibility index (Phi) is 7.31. The number of carbonyl (C=O) groups excluding carboxylic acids is 2. The lowest BCUT2D eigenvalue weighted by atomic mass is 9.52. The molecule has 2 aliphatic carbocycles. The normalized spacial score (nSPS) is 43.1. The maximum Gasteiger partial charge on any atom is 0.313 e. The van der Waals surface area contributed by atoms with Crippen LogP contribution < -0.4 is 0 Å². The van der Waals surface area contributed by atoms with Gasteiger partial charge in [0, 0.05) is 12.0 Å². The van der Waals surface area contributed by atoms with Gasteiger partial charge >= 0.3 is 11.9 Å². The van der Waals surface area contributed by atoms with E-state index in [4.69, 9.17) is 23.4 Å². The van der Waals surface area contributed by atoms with Crippen molar-refractivity contribution < 1.29 is 58.5 Å². The molecule has 2 saturated heterocycles. The number of aliphatic hydroxyl groups excluding tert-OH is 5. The molecule has 210 valence electrons. The summed E-state index contributed by atoms with van der Waals surface area (Å²) >= 11 is 0. The Morgan fingerprint density at radius 3 is 2.55 bits per heavy atom. The summed E-state index contributed by atoms with van der Waals surface area (Å²) in [6.45, 7) is 1.30. The molecule has 0 unspecified atom stereocenters. The van der Waals surface area contributed by atoms with Crippen LogP contribution in [0.2, 0.25) is 0 Å². The number of allylic oxidation sites excluding steroid dienone is 1. The summed E-state index contributed by atoms with van der Waals surface area (Å²) in [5, 5.41) is 51.4. The first kappa shape index (κ1) is 27.1. The number of furan rings is 1. The fourth-order valence-electron chi connectivity index (χ4n) is 6.66. The number of cyclic esters (lactones) is 1. The van der Waals surface area contributed by atoms with Crippen molar-refractivity contribution in [2.75, 3.05) is 13.7 Å². The fraction of sp³-hybridized carbons (Fsp3) is 0.692. The van der Waals surface area contributed by atoms with Crippen molar-refractivity contribution in [1.82, 2.24) is 0 Å².